The van der Waals surface area contributed by atoms with Crippen LogP contribution in [0.25, 0.3) is 11.3 Å². The second kappa shape index (κ2) is 5.91. The lowest BCUT2D eigenvalue weighted by Gasteiger charge is -2.05. The van der Waals surface area contributed by atoms with Crippen LogP contribution < -0.4 is 4.74 Å². The Balaban J connectivity index is 1.89. The molecule has 0 radical (unpaired) electrons. The van der Waals surface area contributed by atoms with Gasteiger partial charge in [0.05, 0.1) is 24.2 Å². The number of thiazole rings is 2. The average Bonchev–Trinajstić information content (AvgIpc) is 3.08. The van der Waals surface area contributed by atoms with E-state index in [2.05, 4.69) is 9.97 Å². The molecule has 6 heteroatoms. The Kier molecular flexibility index (Phi) is 3.98. The highest BCUT2D eigenvalue weighted by Crippen LogP contribution is 2.32. The fourth-order valence-electron chi connectivity index (χ4n) is 2.01. The molecule has 3 nitrogen and oxygen atoms in total. The molecule has 108 valence electrons. The number of ether oxygens (including phenoxy) is 1. The van der Waals surface area contributed by atoms with Crippen LogP contribution in [-0.4, -0.2) is 17.1 Å². The summed E-state index contributed by atoms with van der Waals surface area (Å²) in [4.78, 5) is 9.01. The van der Waals surface area contributed by atoms with Crippen molar-refractivity contribution in [2.45, 2.75) is 13.3 Å². The lowest BCUT2D eigenvalue weighted by Crippen LogP contribution is -1.91. The number of halogens is 1. The minimum atomic E-state index is -0.295. The lowest BCUT2D eigenvalue weighted by molar-refractivity contribution is 0.415. The van der Waals surface area contributed by atoms with E-state index < -0.39 is 0 Å². The zero-order valence-corrected chi connectivity index (χ0v) is 13.2. The second-order valence-electron chi connectivity index (χ2n) is 4.53. The molecule has 0 atom stereocenters. The Morgan fingerprint density at radius 2 is 1.90 bits per heavy atom. The molecule has 0 aliphatic heterocycles. The first-order valence-corrected chi connectivity index (χ1v) is 8.11. The SMILES string of the molecule is COc1ccc(F)cc1-c1csc(Cc2nc(C)cs2)n1. The van der Waals surface area contributed by atoms with Gasteiger partial charge < -0.3 is 4.74 Å². The number of aromatic nitrogens is 2. The van der Waals surface area contributed by atoms with Gasteiger partial charge in [-0.25, -0.2) is 14.4 Å². The quantitative estimate of drug-likeness (QED) is 0.718. The molecule has 0 spiro atoms. The molecule has 0 fully saturated rings. The molecule has 0 aliphatic carbocycles. The number of hydrogen-bond acceptors (Lipinski definition) is 5. The van der Waals surface area contributed by atoms with Gasteiger partial charge >= 0.3 is 0 Å². The van der Waals surface area contributed by atoms with Crippen molar-refractivity contribution in [1.29, 1.82) is 0 Å². The number of aryl methyl sites for hydroxylation is 1. The number of rotatable bonds is 4. The zero-order chi connectivity index (χ0) is 14.8. The van der Waals surface area contributed by atoms with Gasteiger partial charge in [-0.05, 0) is 25.1 Å². The molecular weight excluding hydrogens is 307 g/mol. The summed E-state index contributed by atoms with van der Waals surface area (Å²) < 4.78 is 18.7. The van der Waals surface area contributed by atoms with Crippen LogP contribution in [-0.2, 0) is 6.42 Å². The van der Waals surface area contributed by atoms with Crippen LogP contribution in [0.1, 0.15) is 15.7 Å². The first-order chi connectivity index (χ1) is 10.2. The molecule has 2 aromatic heterocycles. The molecule has 0 unspecified atom stereocenters. The summed E-state index contributed by atoms with van der Waals surface area (Å²) in [7, 11) is 1.57. The summed E-state index contributed by atoms with van der Waals surface area (Å²) in [5, 5.41) is 5.96. The number of nitrogens with zero attached hydrogens (tertiary/aromatic N) is 2. The molecule has 1 aromatic carbocycles. The third kappa shape index (κ3) is 3.11. The second-order valence-corrected chi connectivity index (χ2v) is 6.42. The summed E-state index contributed by atoms with van der Waals surface area (Å²) in [6, 6.07) is 4.45. The van der Waals surface area contributed by atoms with Crippen molar-refractivity contribution in [3.63, 3.8) is 0 Å². The third-order valence-corrected chi connectivity index (χ3v) is 4.77. The van der Waals surface area contributed by atoms with E-state index in [0.29, 0.717) is 17.7 Å². The molecule has 3 rings (SSSR count). The molecule has 0 saturated heterocycles. The summed E-state index contributed by atoms with van der Waals surface area (Å²) in [5.74, 6) is 0.328. The van der Waals surface area contributed by atoms with E-state index in [1.807, 2.05) is 17.7 Å². The van der Waals surface area contributed by atoms with Crippen LogP contribution in [0.15, 0.2) is 29.0 Å². The predicted octanol–water partition coefficient (Wildman–Crippen LogP) is 4.31. The largest absolute Gasteiger partial charge is 0.496 e. The van der Waals surface area contributed by atoms with Crippen molar-refractivity contribution in [1.82, 2.24) is 9.97 Å². The van der Waals surface area contributed by atoms with Gasteiger partial charge in [0.25, 0.3) is 0 Å². The van der Waals surface area contributed by atoms with E-state index in [-0.39, 0.29) is 5.82 Å². The van der Waals surface area contributed by atoms with Gasteiger partial charge in [-0.3, -0.25) is 0 Å². The first-order valence-electron chi connectivity index (χ1n) is 6.35. The monoisotopic (exact) mass is 320 g/mol. The van der Waals surface area contributed by atoms with Crippen molar-refractivity contribution in [3.05, 3.63) is 50.5 Å². The Morgan fingerprint density at radius 3 is 2.62 bits per heavy atom. The van der Waals surface area contributed by atoms with E-state index in [9.17, 15) is 4.39 Å². The Morgan fingerprint density at radius 1 is 1.14 bits per heavy atom. The lowest BCUT2D eigenvalue weighted by atomic mass is 10.1. The van der Waals surface area contributed by atoms with Gasteiger partial charge in [0.15, 0.2) is 0 Å². The number of benzene rings is 1. The maximum Gasteiger partial charge on any atom is 0.128 e. The Labute approximate surface area is 130 Å². The summed E-state index contributed by atoms with van der Waals surface area (Å²) >= 11 is 3.18. The van der Waals surface area contributed by atoms with E-state index in [1.54, 1.807) is 35.8 Å². The van der Waals surface area contributed by atoms with Crippen molar-refractivity contribution in [2.75, 3.05) is 7.11 Å². The average molecular weight is 320 g/mol. The molecule has 21 heavy (non-hydrogen) atoms. The smallest absolute Gasteiger partial charge is 0.128 e. The van der Waals surface area contributed by atoms with E-state index in [1.165, 1.54) is 12.1 Å². The number of hydrogen-bond donors (Lipinski definition) is 0. The van der Waals surface area contributed by atoms with Crippen molar-refractivity contribution in [3.8, 4) is 17.0 Å². The van der Waals surface area contributed by atoms with E-state index >= 15 is 0 Å². The minimum Gasteiger partial charge on any atom is -0.496 e. The zero-order valence-electron chi connectivity index (χ0n) is 11.6. The van der Waals surface area contributed by atoms with Gasteiger partial charge in [-0.15, -0.1) is 22.7 Å². The van der Waals surface area contributed by atoms with Crippen LogP contribution in [0.5, 0.6) is 5.75 Å². The van der Waals surface area contributed by atoms with Crippen LogP contribution in [0.4, 0.5) is 4.39 Å². The maximum absolute atomic E-state index is 13.4. The van der Waals surface area contributed by atoms with Crippen LogP contribution >= 0.6 is 22.7 Å². The molecule has 2 heterocycles. The molecule has 0 bridgehead atoms. The molecule has 0 amide bonds. The van der Waals surface area contributed by atoms with Gasteiger partial charge in [0, 0.05) is 22.0 Å². The highest BCUT2D eigenvalue weighted by atomic mass is 32.1. The van der Waals surface area contributed by atoms with Crippen LogP contribution in [0.3, 0.4) is 0 Å². The molecular formula is C15H13FN2OS2. The Hall–Kier alpha value is -1.79. The summed E-state index contributed by atoms with van der Waals surface area (Å²) in [6.45, 7) is 1.98. The topological polar surface area (TPSA) is 35.0 Å². The normalized spacial score (nSPS) is 10.8. The first kappa shape index (κ1) is 14.2. The van der Waals surface area contributed by atoms with Crippen LogP contribution in [0.2, 0.25) is 0 Å². The summed E-state index contributed by atoms with van der Waals surface area (Å²) in [6.07, 6.45) is 0.709. The molecule has 3 aromatic rings. The Bertz CT molecular complexity index is 767. The highest BCUT2D eigenvalue weighted by Gasteiger charge is 2.12. The van der Waals surface area contributed by atoms with Gasteiger partial charge in [0.2, 0.25) is 0 Å². The molecule has 0 N–H and O–H groups in total. The highest BCUT2D eigenvalue weighted by molar-refractivity contribution is 7.11. The van der Waals surface area contributed by atoms with Crippen LogP contribution in [0, 0.1) is 12.7 Å². The van der Waals surface area contributed by atoms with E-state index in [4.69, 9.17) is 4.74 Å². The predicted molar refractivity (Wildman–Crippen MR) is 83.7 cm³/mol. The van der Waals surface area contributed by atoms with Gasteiger partial charge in [-0.1, -0.05) is 0 Å². The molecule has 0 saturated carbocycles. The minimum absolute atomic E-state index is 0.295. The summed E-state index contributed by atoms with van der Waals surface area (Å²) in [5.41, 5.74) is 2.44. The third-order valence-electron chi connectivity index (χ3n) is 2.96. The standard InChI is InChI=1S/C15H13FN2OS2/c1-9-7-20-14(17-9)6-15-18-12(8-21-15)11-5-10(16)3-4-13(11)19-2/h3-5,7-8H,6H2,1-2H3. The van der Waals surface area contributed by atoms with Gasteiger partial charge in [-0.2, -0.15) is 0 Å². The van der Waals surface area contributed by atoms with Crippen molar-refractivity contribution in [2.24, 2.45) is 0 Å². The van der Waals surface area contributed by atoms with Crippen molar-refractivity contribution >= 4 is 22.7 Å². The fraction of sp³-hybridized carbons (Fsp3) is 0.200. The van der Waals surface area contributed by atoms with Gasteiger partial charge in [0.1, 0.15) is 16.6 Å². The fourth-order valence-corrected chi connectivity index (χ4v) is 3.68. The molecule has 0 aliphatic rings. The number of methoxy groups -OCH3 is 1. The van der Waals surface area contributed by atoms with Crippen molar-refractivity contribution < 1.29 is 9.13 Å². The van der Waals surface area contributed by atoms with E-state index in [0.717, 1.165) is 21.4 Å². The maximum atomic E-state index is 13.4.